The fourth-order valence-corrected chi connectivity index (χ4v) is 4.50. The van der Waals surface area contributed by atoms with Gasteiger partial charge in [0, 0.05) is 37.3 Å². The molecular weight excluding hydrogens is 384 g/mol. The van der Waals surface area contributed by atoms with Gasteiger partial charge in [0.25, 0.3) is 11.6 Å². The maximum absolute atomic E-state index is 12.7. The van der Waals surface area contributed by atoms with Gasteiger partial charge in [0.1, 0.15) is 0 Å². The van der Waals surface area contributed by atoms with Crippen molar-refractivity contribution >= 4 is 21.6 Å². The van der Waals surface area contributed by atoms with E-state index in [1.54, 1.807) is 0 Å². The van der Waals surface area contributed by atoms with Gasteiger partial charge in [-0.2, -0.15) is 0 Å². The van der Waals surface area contributed by atoms with Gasteiger partial charge in [-0.25, -0.2) is 13.6 Å². The molecule has 0 aliphatic carbocycles. The molecule has 9 nitrogen and oxygen atoms in total. The number of sulfonamides is 1. The Hall–Kier alpha value is -2.04. The molecule has 0 bridgehead atoms. The second kappa shape index (κ2) is 8.54. The van der Waals surface area contributed by atoms with Crippen molar-refractivity contribution in [3.63, 3.8) is 0 Å². The van der Waals surface area contributed by atoms with Gasteiger partial charge in [0.2, 0.25) is 10.0 Å². The van der Waals surface area contributed by atoms with Crippen LogP contribution in [0.1, 0.15) is 43.1 Å². The topological polar surface area (TPSA) is 136 Å². The lowest BCUT2D eigenvalue weighted by molar-refractivity contribution is -0.385. The smallest absolute Gasteiger partial charge is 0.274 e. The molecule has 1 aromatic carbocycles. The van der Waals surface area contributed by atoms with Crippen molar-refractivity contribution in [3.8, 4) is 0 Å². The SMILES string of the molecule is Cc1c(C(=O)N[C@H](C)CN2C[C@H](C)C[C@@H](C)C2)cc(S(N)(=O)=O)cc1[N+](=O)[O-]. The van der Waals surface area contributed by atoms with Gasteiger partial charge in [-0.3, -0.25) is 14.9 Å². The zero-order valence-corrected chi connectivity index (χ0v) is 17.5. The van der Waals surface area contributed by atoms with Crippen LogP contribution in [-0.4, -0.2) is 49.8 Å². The van der Waals surface area contributed by atoms with E-state index in [1.807, 2.05) is 6.92 Å². The summed E-state index contributed by atoms with van der Waals surface area (Å²) in [6.07, 6.45) is 1.18. The summed E-state index contributed by atoms with van der Waals surface area (Å²) in [4.78, 5) is 25.1. The van der Waals surface area contributed by atoms with Gasteiger partial charge in [-0.15, -0.1) is 0 Å². The van der Waals surface area contributed by atoms with Gasteiger partial charge in [0.15, 0.2) is 0 Å². The average molecular weight is 413 g/mol. The molecule has 0 spiro atoms. The molecule has 3 atom stereocenters. The minimum atomic E-state index is -4.19. The van der Waals surface area contributed by atoms with Crippen LogP contribution in [0.25, 0.3) is 0 Å². The summed E-state index contributed by atoms with van der Waals surface area (Å²) in [6.45, 7) is 10.2. The Bertz CT molecular complexity index is 861. The number of likely N-dealkylation sites (tertiary alicyclic amines) is 1. The quantitative estimate of drug-likeness (QED) is 0.538. The van der Waals surface area contributed by atoms with Gasteiger partial charge < -0.3 is 10.2 Å². The van der Waals surface area contributed by atoms with Gasteiger partial charge in [-0.05, 0) is 38.2 Å². The summed E-state index contributed by atoms with van der Waals surface area (Å²) in [6, 6.07) is 1.76. The van der Waals surface area contributed by atoms with Crippen LogP contribution >= 0.6 is 0 Å². The number of nitro groups is 1. The summed E-state index contributed by atoms with van der Waals surface area (Å²) in [5.74, 6) is 0.614. The fourth-order valence-electron chi connectivity index (χ4n) is 3.94. The van der Waals surface area contributed by atoms with Crippen LogP contribution in [0.5, 0.6) is 0 Å². The molecule has 156 valence electrons. The highest BCUT2D eigenvalue weighted by molar-refractivity contribution is 7.89. The normalized spacial score (nSPS) is 21.9. The molecule has 1 amide bonds. The van der Waals surface area contributed by atoms with E-state index in [2.05, 4.69) is 24.1 Å². The molecule has 3 N–H and O–H groups in total. The highest BCUT2D eigenvalue weighted by Gasteiger charge is 2.26. The molecule has 0 unspecified atom stereocenters. The molecular formula is C18H28N4O5S. The van der Waals surface area contributed by atoms with Crippen LogP contribution in [0.2, 0.25) is 0 Å². The van der Waals surface area contributed by atoms with E-state index < -0.39 is 31.4 Å². The Morgan fingerprint density at radius 1 is 1.36 bits per heavy atom. The van der Waals surface area contributed by atoms with Crippen molar-refractivity contribution in [3.05, 3.63) is 33.4 Å². The number of nitrogens with two attached hydrogens (primary N) is 1. The summed E-state index contributed by atoms with van der Waals surface area (Å²) >= 11 is 0. The molecule has 2 rings (SSSR count). The van der Waals surface area contributed by atoms with Crippen molar-refractivity contribution in [2.75, 3.05) is 19.6 Å². The Morgan fingerprint density at radius 2 is 1.93 bits per heavy atom. The lowest BCUT2D eigenvalue weighted by Gasteiger charge is -2.36. The van der Waals surface area contributed by atoms with E-state index in [4.69, 9.17) is 5.14 Å². The Morgan fingerprint density at radius 3 is 2.43 bits per heavy atom. The van der Waals surface area contributed by atoms with E-state index in [9.17, 15) is 23.3 Å². The van der Waals surface area contributed by atoms with Crippen molar-refractivity contribution in [1.82, 2.24) is 10.2 Å². The molecule has 28 heavy (non-hydrogen) atoms. The van der Waals surface area contributed by atoms with Gasteiger partial charge in [-0.1, -0.05) is 13.8 Å². The molecule has 1 saturated heterocycles. The van der Waals surface area contributed by atoms with E-state index in [0.29, 0.717) is 18.4 Å². The monoisotopic (exact) mass is 412 g/mol. The molecule has 1 aliphatic heterocycles. The second-order valence-electron chi connectivity index (χ2n) is 7.96. The Balaban J connectivity index is 2.21. The van der Waals surface area contributed by atoms with E-state index in [0.717, 1.165) is 25.2 Å². The number of nitrogens with one attached hydrogen (secondary N) is 1. The summed E-state index contributed by atoms with van der Waals surface area (Å²) in [5.41, 5.74) is -0.421. The summed E-state index contributed by atoms with van der Waals surface area (Å²) < 4.78 is 23.3. The number of hydrogen-bond donors (Lipinski definition) is 2. The van der Waals surface area contributed by atoms with Crippen molar-refractivity contribution < 1.29 is 18.1 Å². The molecule has 1 aromatic rings. The third-order valence-corrected chi connectivity index (χ3v) is 5.87. The van der Waals surface area contributed by atoms with Crippen molar-refractivity contribution in [2.45, 2.75) is 45.1 Å². The highest BCUT2D eigenvalue weighted by atomic mass is 32.2. The first kappa shape index (κ1) is 22.3. The van der Waals surface area contributed by atoms with Gasteiger partial charge in [0.05, 0.1) is 15.4 Å². The van der Waals surface area contributed by atoms with E-state index in [1.165, 1.54) is 13.3 Å². The highest BCUT2D eigenvalue weighted by Crippen LogP contribution is 2.26. The molecule has 0 saturated carbocycles. The first-order chi connectivity index (χ1) is 12.9. The third kappa shape index (κ3) is 5.49. The van der Waals surface area contributed by atoms with Crippen LogP contribution in [0, 0.1) is 28.9 Å². The number of hydrogen-bond acceptors (Lipinski definition) is 6. The van der Waals surface area contributed by atoms with E-state index in [-0.39, 0.29) is 17.2 Å². The predicted octanol–water partition coefficient (Wildman–Crippen LogP) is 1.65. The number of rotatable bonds is 6. The van der Waals surface area contributed by atoms with Crippen molar-refractivity contribution in [1.29, 1.82) is 0 Å². The molecule has 1 heterocycles. The molecule has 10 heteroatoms. The number of carbonyl (C=O) groups is 1. The van der Waals surface area contributed by atoms with Crippen LogP contribution in [0.4, 0.5) is 5.69 Å². The number of benzene rings is 1. The first-order valence-electron chi connectivity index (χ1n) is 9.23. The summed E-state index contributed by atoms with van der Waals surface area (Å²) in [7, 11) is -4.19. The number of piperidine rings is 1. The molecule has 1 fully saturated rings. The average Bonchev–Trinajstić information content (AvgIpc) is 2.52. The minimum Gasteiger partial charge on any atom is -0.348 e. The van der Waals surface area contributed by atoms with Crippen molar-refractivity contribution in [2.24, 2.45) is 17.0 Å². The van der Waals surface area contributed by atoms with Crippen LogP contribution in [0.3, 0.4) is 0 Å². The number of carbonyl (C=O) groups excluding carboxylic acids is 1. The lowest BCUT2D eigenvalue weighted by atomic mass is 9.91. The maximum Gasteiger partial charge on any atom is 0.274 e. The minimum absolute atomic E-state index is 0.0644. The predicted molar refractivity (Wildman–Crippen MR) is 106 cm³/mol. The van der Waals surface area contributed by atoms with Gasteiger partial charge >= 0.3 is 0 Å². The summed E-state index contributed by atoms with van der Waals surface area (Å²) in [5, 5.41) is 19.2. The number of primary sulfonamides is 1. The Labute approximate surface area is 165 Å². The number of nitrogens with zero attached hydrogens (tertiary/aromatic N) is 2. The number of nitro benzene ring substituents is 1. The largest absolute Gasteiger partial charge is 0.348 e. The second-order valence-corrected chi connectivity index (χ2v) is 9.52. The van der Waals surface area contributed by atoms with Crippen LogP contribution < -0.4 is 10.5 Å². The molecule has 0 radical (unpaired) electrons. The van der Waals surface area contributed by atoms with Crippen LogP contribution in [0.15, 0.2) is 17.0 Å². The standard InChI is InChI=1S/C18H28N4O5S/c1-11-5-12(2)9-21(8-11)10-13(3)20-18(23)16-6-15(28(19,26)27)7-17(14(16)4)22(24)25/h6-7,11-13H,5,8-10H2,1-4H3,(H,20,23)(H2,19,26,27)/t11-,12-,13-/m1/s1. The zero-order chi connectivity index (χ0) is 21.2. The first-order valence-corrected chi connectivity index (χ1v) is 10.8. The Kier molecular flexibility index (Phi) is 6.79. The van der Waals surface area contributed by atoms with E-state index >= 15 is 0 Å². The molecule has 0 aromatic heterocycles. The zero-order valence-electron chi connectivity index (χ0n) is 16.6. The fraction of sp³-hybridized carbons (Fsp3) is 0.611. The lowest BCUT2D eigenvalue weighted by Crippen LogP contribution is -2.47. The third-order valence-electron chi connectivity index (χ3n) is 4.98. The molecule has 1 aliphatic rings. The maximum atomic E-state index is 12.7. The number of amides is 1. The van der Waals surface area contributed by atoms with Crippen LogP contribution in [-0.2, 0) is 10.0 Å².